The fourth-order valence-electron chi connectivity index (χ4n) is 3.31. The van der Waals surface area contributed by atoms with Gasteiger partial charge in [-0.15, -0.1) is 0 Å². The highest BCUT2D eigenvalue weighted by Gasteiger charge is 2.46. The first-order chi connectivity index (χ1) is 14.8. The average molecular weight is 420 g/mol. The maximum atomic E-state index is 12.6. The number of amides is 3. The van der Waals surface area contributed by atoms with Gasteiger partial charge in [-0.25, -0.2) is 14.6 Å². The summed E-state index contributed by atoms with van der Waals surface area (Å²) in [6.07, 6.45) is 2.92. The van der Waals surface area contributed by atoms with E-state index >= 15 is 0 Å². The van der Waals surface area contributed by atoms with Gasteiger partial charge in [-0.1, -0.05) is 11.8 Å². The van der Waals surface area contributed by atoms with Crippen LogP contribution in [0.1, 0.15) is 16.1 Å². The van der Waals surface area contributed by atoms with Crippen LogP contribution >= 0.6 is 0 Å². The van der Waals surface area contributed by atoms with Crippen LogP contribution in [0.5, 0.6) is 11.6 Å². The Morgan fingerprint density at radius 1 is 1.32 bits per heavy atom. The highest BCUT2D eigenvalue weighted by atomic mass is 16.5. The quantitative estimate of drug-likeness (QED) is 0.365. The van der Waals surface area contributed by atoms with Gasteiger partial charge < -0.3 is 24.8 Å². The number of carboxylic acids is 1. The van der Waals surface area contributed by atoms with Gasteiger partial charge in [0.25, 0.3) is 5.91 Å². The van der Waals surface area contributed by atoms with Crippen LogP contribution in [0.15, 0.2) is 42.7 Å². The van der Waals surface area contributed by atoms with E-state index in [1.165, 1.54) is 30.0 Å². The number of hydrogen-bond acceptors (Lipinski definition) is 6. The Morgan fingerprint density at radius 2 is 2.13 bits per heavy atom. The van der Waals surface area contributed by atoms with Crippen LogP contribution in [-0.4, -0.2) is 50.3 Å². The molecule has 1 aromatic carbocycles. The second-order valence-corrected chi connectivity index (χ2v) is 6.80. The third-order valence-corrected chi connectivity index (χ3v) is 4.84. The van der Waals surface area contributed by atoms with Gasteiger partial charge >= 0.3 is 12.0 Å². The Kier molecular flexibility index (Phi) is 4.71. The van der Waals surface area contributed by atoms with Crippen LogP contribution < -0.4 is 15.4 Å². The molecular weight excluding hydrogens is 404 g/mol. The molecule has 10 heteroatoms. The normalized spacial score (nSPS) is 17.6. The zero-order chi connectivity index (χ0) is 22.2. The molecule has 1 aliphatic rings. The van der Waals surface area contributed by atoms with Gasteiger partial charge in [-0.2, -0.15) is 0 Å². The Labute approximate surface area is 175 Å². The maximum Gasteiger partial charge on any atom is 0.355 e. The molecule has 0 spiro atoms. The summed E-state index contributed by atoms with van der Waals surface area (Å²) in [7, 11) is 1.50. The second kappa shape index (κ2) is 7.38. The minimum Gasteiger partial charge on any atom is -0.497 e. The highest BCUT2D eigenvalue weighted by Crippen LogP contribution is 2.32. The average Bonchev–Trinajstić information content (AvgIpc) is 3.21. The summed E-state index contributed by atoms with van der Waals surface area (Å²) < 4.78 is 6.55. The second-order valence-electron chi connectivity index (χ2n) is 6.80. The number of urea groups is 1. The van der Waals surface area contributed by atoms with Gasteiger partial charge in [0.1, 0.15) is 5.75 Å². The van der Waals surface area contributed by atoms with Crippen molar-refractivity contribution in [2.24, 2.45) is 0 Å². The van der Waals surface area contributed by atoms with Crippen molar-refractivity contribution in [1.29, 1.82) is 0 Å². The number of hydrogen-bond donors (Lipinski definition) is 4. The first-order valence-electron chi connectivity index (χ1n) is 9.04. The number of rotatable bonds is 4. The summed E-state index contributed by atoms with van der Waals surface area (Å²) >= 11 is 0. The molecule has 1 atom stereocenters. The number of carbonyl (C=O) groups excluding carboxylic acids is 2. The number of aromatic carboxylic acids is 1. The van der Waals surface area contributed by atoms with Gasteiger partial charge in [0, 0.05) is 23.2 Å². The molecule has 4 rings (SSSR count). The number of nitrogens with one attached hydrogen (secondary N) is 2. The van der Waals surface area contributed by atoms with Crippen LogP contribution in [-0.2, 0) is 11.3 Å². The van der Waals surface area contributed by atoms with E-state index in [4.69, 9.17) is 4.74 Å². The minimum absolute atomic E-state index is 0.0787. The van der Waals surface area contributed by atoms with E-state index in [-0.39, 0.29) is 23.7 Å². The monoisotopic (exact) mass is 420 g/mol. The largest absolute Gasteiger partial charge is 0.497 e. The molecule has 3 amide bonds. The molecule has 0 unspecified atom stereocenters. The van der Waals surface area contributed by atoms with E-state index in [2.05, 4.69) is 27.5 Å². The van der Waals surface area contributed by atoms with Crippen molar-refractivity contribution < 1.29 is 29.3 Å². The molecule has 2 aromatic heterocycles. The van der Waals surface area contributed by atoms with E-state index < -0.39 is 23.4 Å². The Morgan fingerprint density at radius 3 is 2.81 bits per heavy atom. The predicted molar refractivity (Wildman–Crippen MR) is 108 cm³/mol. The summed E-state index contributed by atoms with van der Waals surface area (Å²) in [5.41, 5.74) is -1.94. The molecule has 0 bridgehead atoms. The molecule has 0 saturated carbocycles. The maximum absolute atomic E-state index is 12.6. The van der Waals surface area contributed by atoms with Crippen LogP contribution in [0.4, 0.5) is 4.79 Å². The van der Waals surface area contributed by atoms with Crippen LogP contribution in [0.2, 0.25) is 0 Å². The topological polar surface area (TPSA) is 143 Å². The number of ether oxygens (including phenoxy) is 1. The molecule has 3 heterocycles. The summed E-state index contributed by atoms with van der Waals surface area (Å²) in [6, 6.07) is 7.31. The number of aromatic hydroxyl groups is 1. The Hall–Kier alpha value is -4.52. The summed E-state index contributed by atoms with van der Waals surface area (Å²) in [5.74, 6) is 3.71. The zero-order valence-corrected chi connectivity index (χ0v) is 16.2. The molecule has 10 nitrogen and oxygen atoms in total. The van der Waals surface area contributed by atoms with E-state index in [1.807, 2.05) is 0 Å². The number of imide groups is 1. The first-order valence-corrected chi connectivity index (χ1v) is 9.04. The minimum atomic E-state index is -1.74. The number of pyridine rings is 1. The number of methoxy groups -OCH3 is 1. The van der Waals surface area contributed by atoms with E-state index in [9.17, 15) is 24.6 Å². The van der Waals surface area contributed by atoms with E-state index in [1.54, 1.807) is 24.4 Å². The van der Waals surface area contributed by atoms with Gasteiger partial charge in [0.2, 0.25) is 5.54 Å². The van der Waals surface area contributed by atoms with E-state index in [0.29, 0.717) is 16.5 Å². The smallest absolute Gasteiger partial charge is 0.355 e. The van der Waals surface area contributed by atoms with E-state index in [0.717, 1.165) is 0 Å². The standard InChI is InChI=1S/C21H16N4O6/c1-31-14-5-4-13-10-25(17(26)15(13)9-14)11-21(19(29)23-20(30)24-21)7-6-12-3-2-8-22-16(12)18(27)28/h2-5,8-10,26H,11H2,1H3,(H,27,28)(H2,23,24,29,30)/t21-/m1/s1. The number of benzene rings is 1. The zero-order valence-electron chi connectivity index (χ0n) is 16.2. The van der Waals surface area contributed by atoms with Gasteiger partial charge in [0.15, 0.2) is 11.6 Å². The van der Waals surface area contributed by atoms with Crippen molar-refractivity contribution >= 4 is 28.7 Å². The van der Waals surface area contributed by atoms with Crippen molar-refractivity contribution in [1.82, 2.24) is 20.2 Å². The van der Waals surface area contributed by atoms with Crippen molar-refractivity contribution in [3.63, 3.8) is 0 Å². The SMILES string of the molecule is COc1ccc2cn(C[C@@]3(C#Cc4cccnc4C(=O)O)NC(=O)NC3=O)c(O)c2c1. The molecule has 0 aliphatic carbocycles. The number of carbonyl (C=O) groups is 3. The van der Waals surface area contributed by atoms with Crippen LogP contribution in [0.3, 0.4) is 0 Å². The number of aromatic nitrogens is 2. The Balaban J connectivity index is 1.79. The first kappa shape index (κ1) is 19.8. The van der Waals surface area contributed by atoms with Crippen molar-refractivity contribution in [3.05, 3.63) is 54.0 Å². The predicted octanol–water partition coefficient (Wildman–Crippen LogP) is 1.08. The molecule has 1 aliphatic heterocycles. The van der Waals surface area contributed by atoms with Gasteiger partial charge in [-0.3, -0.25) is 10.1 Å². The highest BCUT2D eigenvalue weighted by molar-refractivity contribution is 6.09. The number of fused-ring (bicyclic) bond motifs is 1. The fraction of sp³-hybridized carbons (Fsp3) is 0.143. The van der Waals surface area contributed by atoms with Gasteiger partial charge in [0.05, 0.1) is 19.2 Å². The molecule has 4 N–H and O–H groups in total. The number of carboxylic acid groups (broad SMARTS) is 1. The molecular formula is C21H16N4O6. The van der Waals surface area contributed by atoms with Crippen molar-refractivity contribution in [2.45, 2.75) is 12.1 Å². The molecule has 31 heavy (non-hydrogen) atoms. The lowest BCUT2D eigenvalue weighted by Crippen LogP contribution is -2.49. The lowest BCUT2D eigenvalue weighted by atomic mass is 9.99. The lowest BCUT2D eigenvalue weighted by Gasteiger charge is -2.20. The van der Waals surface area contributed by atoms with Crippen LogP contribution in [0.25, 0.3) is 10.8 Å². The summed E-state index contributed by atoms with van der Waals surface area (Å²) in [4.78, 5) is 39.7. The fourth-order valence-corrected chi connectivity index (χ4v) is 3.31. The molecule has 1 saturated heterocycles. The summed E-state index contributed by atoms with van der Waals surface area (Å²) in [6.45, 7) is -0.219. The molecule has 0 radical (unpaired) electrons. The Bertz CT molecular complexity index is 1300. The van der Waals surface area contributed by atoms with Crippen LogP contribution in [0, 0.1) is 11.8 Å². The number of nitrogens with zero attached hydrogens (tertiary/aromatic N) is 2. The molecule has 3 aromatic rings. The lowest BCUT2D eigenvalue weighted by molar-refractivity contribution is -0.122. The molecule has 156 valence electrons. The third-order valence-electron chi connectivity index (χ3n) is 4.84. The molecule has 1 fully saturated rings. The van der Waals surface area contributed by atoms with Crippen molar-refractivity contribution in [2.75, 3.05) is 7.11 Å². The van der Waals surface area contributed by atoms with Crippen molar-refractivity contribution in [3.8, 4) is 23.5 Å². The van der Waals surface area contributed by atoms with Gasteiger partial charge in [-0.05, 0) is 30.3 Å². The summed E-state index contributed by atoms with van der Waals surface area (Å²) in [5, 5.41) is 25.7. The third kappa shape index (κ3) is 3.49.